The first kappa shape index (κ1) is 17.3. The molecule has 0 aliphatic carbocycles. The zero-order chi connectivity index (χ0) is 18.0. The first-order chi connectivity index (χ1) is 11.9. The minimum atomic E-state index is -0.108. The Morgan fingerprint density at radius 1 is 0.720 bits per heavy atom. The van der Waals surface area contributed by atoms with Gasteiger partial charge in [-0.25, -0.2) is 0 Å². The van der Waals surface area contributed by atoms with Crippen LogP contribution < -0.4 is 0 Å². The normalized spacial score (nSPS) is 11.7. The Bertz CT molecular complexity index is 803. The molecule has 1 heteroatoms. The molecular weight excluding hydrogens is 304 g/mol. The summed E-state index contributed by atoms with van der Waals surface area (Å²) < 4.78 is 0. The Kier molecular flexibility index (Phi) is 4.67. The highest BCUT2D eigenvalue weighted by Crippen LogP contribution is 2.39. The zero-order valence-electron chi connectivity index (χ0n) is 15.5. The molecule has 3 aromatic rings. The van der Waals surface area contributed by atoms with E-state index < -0.39 is 0 Å². The molecule has 0 radical (unpaired) electrons. The number of aromatic hydroxyl groups is 1. The molecule has 128 valence electrons. The second-order valence-corrected chi connectivity index (χ2v) is 7.74. The number of hydrogen-bond donors (Lipinski definition) is 1. The summed E-state index contributed by atoms with van der Waals surface area (Å²) in [4.78, 5) is 0. The van der Waals surface area contributed by atoms with Crippen LogP contribution >= 0.6 is 0 Å². The molecule has 0 aromatic heterocycles. The number of phenols is 1. The maximum atomic E-state index is 10.6. The van der Waals surface area contributed by atoms with Gasteiger partial charge in [0.05, 0.1) is 0 Å². The quantitative estimate of drug-likeness (QED) is 0.569. The van der Waals surface area contributed by atoms with Crippen molar-refractivity contribution in [1.29, 1.82) is 0 Å². The van der Waals surface area contributed by atoms with Gasteiger partial charge >= 0.3 is 0 Å². The Balaban J connectivity index is 2.23. The van der Waals surface area contributed by atoms with E-state index in [1.165, 1.54) is 16.7 Å². The highest BCUT2D eigenvalue weighted by molar-refractivity contribution is 5.52. The average molecular weight is 330 g/mol. The van der Waals surface area contributed by atoms with Crippen molar-refractivity contribution in [2.24, 2.45) is 0 Å². The van der Waals surface area contributed by atoms with E-state index in [-0.39, 0.29) is 11.3 Å². The van der Waals surface area contributed by atoms with Crippen LogP contribution in [0.2, 0.25) is 0 Å². The average Bonchev–Trinajstić information content (AvgIpc) is 2.59. The minimum Gasteiger partial charge on any atom is -0.507 e. The lowest BCUT2D eigenvalue weighted by molar-refractivity contribution is 0.442. The van der Waals surface area contributed by atoms with Crippen molar-refractivity contribution in [2.45, 2.75) is 39.0 Å². The van der Waals surface area contributed by atoms with Crippen LogP contribution in [0.15, 0.2) is 72.8 Å². The summed E-state index contributed by atoms with van der Waals surface area (Å²) in [7, 11) is 0. The summed E-state index contributed by atoms with van der Waals surface area (Å²) in [5.41, 5.74) is 5.57. The topological polar surface area (TPSA) is 20.2 Å². The summed E-state index contributed by atoms with van der Waals surface area (Å²) in [5, 5.41) is 10.6. The summed E-state index contributed by atoms with van der Waals surface area (Å²) in [6, 6.07) is 25.4. The molecule has 0 atom stereocenters. The summed E-state index contributed by atoms with van der Waals surface area (Å²) in [6.45, 7) is 8.42. The molecule has 3 rings (SSSR count). The standard InChI is InChI=1S/C24H26O/c1-17-15-20(16-21(23(17)25)24(2,3)4)22(18-11-7-5-8-12-18)19-13-9-6-10-14-19/h5-16,22,25H,1-4H3. The van der Waals surface area contributed by atoms with Gasteiger partial charge in [0, 0.05) is 5.92 Å². The third kappa shape index (κ3) is 3.61. The van der Waals surface area contributed by atoms with Gasteiger partial charge in [-0.1, -0.05) is 93.6 Å². The zero-order valence-corrected chi connectivity index (χ0v) is 15.5. The Morgan fingerprint density at radius 3 is 1.64 bits per heavy atom. The summed E-state index contributed by atoms with van der Waals surface area (Å²) >= 11 is 0. The predicted octanol–water partition coefficient (Wildman–Crippen LogP) is 6.18. The van der Waals surface area contributed by atoms with E-state index in [9.17, 15) is 5.11 Å². The van der Waals surface area contributed by atoms with Crippen LogP contribution in [0, 0.1) is 6.92 Å². The van der Waals surface area contributed by atoms with Crippen LogP contribution in [0.1, 0.15) is 54.5 Å². The van der Waals surface area contributed by atoms with E-state index in [4.69, 9.17) is 0 Å². The van der Waals surface area contributed by atoms with Gasteiger partial charge < -0.3 is 5.11 Å². The van der Waals surface area contributed by atoms with Crippen LogP contribution in [-0.2, 0) is 5.41 Å². The van der Waals surface area contributed by atoms with Crippen molar-refractivity contribution in [3.63, 3.8) is 0 Å². The van der Waals surface area contributed by atoms with Gasteiger partial charge in [0.2, 0.25) is 0 Å². The molecule has 1 nitrogen and oxygen atoms in total. The van der Waals surface area contributed by atoms with Gasteiger partial charge in [0.15, 0.2) is 0 Å². The Hall–Kier alpha value is -2.54. The fraction of sp³-hybridized carbons (Fsp3) is 0.250. The monoisotopic (exact) mass is 330 g/mol. The molecule has 0 saturated carbocycles. The Morgan fingerprint density at radius 2 is 1.20 bits per heavy atom. The van der Waals surface area contributed by atoms with E-state index in [1.807, 2.05) is 19.1 Å². The van der Waals surface area contributed by atoms with Crippen LogP contribution in [0.3, 0.4) is 0 Å². The van der Waals surface area contributed by atoms with Gasteiger partial charge in [0.1, 0.15) is 5.75 Å². The van der Waals surface area contributed by atoms with Crippen LogP contribution in [-0.4, -0.2) is 5.11 Å². The molecule has 25 heavy (non-hydrogen) atoms. The highest BCUT2D eigenvalue weighted by Gasteiger charge is 2.24. The van der Waals surface area contributed by atoms with Gasteiger partial charge in [-0.3, -0.25) is 0 Å². The number of rotatable bonds is 3. The van der Waals surface area contributed by atoms with Crippen molar-refractivity contribution in [3.8, 4) is 5.75 Å². The highest BCUT2D eigenvalue weighted by atomic mass is 16.3. The van der Waals surface area contributed by atoms with Gasteiger partial charge in [-0.15, -0.1) is 0 Å². The largest absolute Gasteiger partial charge is 0.507 e. The number of aryl methyl sites for hydroxylation is 1. The van der Waals surface area contributed by atoms with Gasteiger partial charge in [-0.05, 0) is 40.2 Å². The predicted molar refractivity (Wildman–Crippen MR) is 105 cm³/mol. The summed E-state index contributed by atoms with van der Waals surface area (Å²) in [6.07, 6.45) is 0. The van der Waals surface area contributed by atoms with Crippen molar-refractivity contribution in [3.05, 3.63) is 101 Å². The van der Waals surface area contributed by atoms with Crippen LogP contribution in [0.5, 0.6) is 5.75 Å². The maximum Gasteiger partial charge on any atom is 0.122 e. The second-order valence-electron chi connectivity index (χ2n) is 7.74. The number of hydrogen-bond acceptors (Lipinski definition) is 1. The first-order valence-electron chi connectivity index (χ1n) is 8.82. The molecule has 0 bridgehead atoms. The van der Waals surface area contributed by atoms with Gasteiger partial charge in [0.25, 0.3) is 0 Å². The molecule has 0 heterocycles. The lowest BCUT2D eigenvalue weighted by atomic mass is 9.79. The van der Waals surface area contributed by atoms with Crippen molar-refractivity contribution in [2.75, 3.05) is 0 Å². The Labute approximate surface area is 151 Å². The fourth-order valence-corrected chi connectivity index (χ4v) is 3.41. The lowest BCUT2D eigenvalue weighted by Gasteiger charge is -2.26. The summed E-state index contributed by atoms with van der Waals surface area (Å²) in [5.74, 6) is 0.568. The second kappa shape index (κ2) is 6.76. The number of benzene rings is 3. The van der Waals surface area contributed by atoms with E-state index in [2.05, 4.69) is 81.4 Å². The van der Waals surface area contributed by atoms with Crippen molar-refractivity contribution in [1.82, 2.24) is 0 Å². The van der Waals surface area contributed by atoms with E-state index in [0.29, 0.717) is 5.75 Å². The third-order valence-corrected chi connectivity index (χ3v) is 4.73. The fourth-order valence-electron chi connectivity index (χ4n) is 3.41. The lowest BCUT2D eigenvalue weighted by Crippen LogP contribution is -2.14. The molecule has 1 N–H and O–H groups in total. The van der Waals surface area contributed by atoms with E-state index >= 15 is 0 Å². The van der Waals surface area contributed by atoms with E-state index in [1.54, 1.807) is 0 Å². The molecule has 0 saturated heterocycles. The molecule has 0 amide bonds. The molecule has 0 spiro atoms. The molecule has 0 aliphatic rings. The van der Waals surface area contributed by atoms with Crippen molar-refractivity contribution >= 4 is 0 Å². The van der Waals surface area contributed by atoms with Gasteiger partial charge in [-0.2, -0.15) is 0 Å². The SMILES string of the molecule is Cc1cc(C(c2ccccc2)c2ccccc2)cc(C(C)(C)C)c1O. The molecule has 0 fully saturated rings. The molecule has 3 aromatic carbocycles. The maximum absolute atomic E-state index is 10.6. The molecule has 0 unspecified atom stereocenters. The molecular formula is C24H26O. The number of phenolic OH excluding ortho intramolecular Hbond substituents is 1. The van der Waals surface area contributed by atoms with Crippen molar-refractivity contribution < 1.29 is 5.11 Å². The minimum absolute atomic E-state index is 0.108. The van der Waals surface area contributed by atoms with Crippen LogP contribution in [0.25, 0.3) is 0 Å². The molecule has 0 aliphatic heterocycles. The van der Waals surface area contributed by atoms with E-state index in [0.717, 1.165) is 11.1 Å². The first-order valence-corrected chi connectivity index (χ1v) is 8.82. The smallest absolute Gasteiger partial charge is 0.122 e. The third-order valence-electron chi connectivity index (χ3n) is 4.73. The van der Waals surface area contributed by atoms with Crippen LogP contribution in [0.4, 0.5) is 0 Å².